The van der Waals surface area contributed by atoms with E-state index in [9.17, 15) is 9.59 Å². The number of nitrogens with one attached hydrogen (secondary N) is 1. The minimum absolute atomic E-state index is 0.222. The molecule has 32 heavy (non-hydrogen) atoms. The molecule has 0 aliphatic carbocycles. The van der Waals surface area contributed by atoms with Gasteiger partial charge in [0, 0.05) is 11.1 Å². The fourth-order valence-electron chi connectivity index (χ4n) is 2.62. The van der Waals surface area contributed by atoms with Crippen LogP contribution in [0.25, 0.3) is 6.08 Å². The summed E-state index contributed by atoms with van der Waals surface area (Å²) < 4.78 is 10.6. The second-order valence-electron chi connectivity index (χ2n) is 6.40. The number of nitrogens with zero attached hydrogens (tertiary/aromatic N) is 1. The van der Waals surface area contributed by atoms with Crippen LogP contribution in [0.1, 0.15) is 21.5 Å². The van der Waals surface area contributed by atoms with Gasteiger partial charge < -0.3 is 9.47 Å². The lowest BCUT2D eigenvalue weighted by Crippen LogP contribution is -2.18. The third kappa shape index (κ3) is 6.44. The summed E-state index contributed by atoms with van der Waals surface area (Å²) in [7, 11) is 1.46. The number of amides is 1. The summed E-state index contributed by atoms with van der Waals surface area (Å²) in [6, 6.07) is 18.8. The van der Waals surface area contributed by atoms with Crippen LogP contribution in [0.3, 0.4) is 0 Å². The largest absolute Gasteiger partial charge is 0.493 e. The van der Waals surface area contributed by atoms with Gasteiger partial charge in [-0.05, 0) is 53.6 Å². The number of hydrazone groups is 1. The average Bonchev–Trinajstić information content (AvgIpc) is 2.79. The highest BCUT2D eigenvalue weighted by atomic mass is 35.5. The lowest BCUT2D eigenvalue weighted by molar-refractivity contribution is -0.129. The maximum absolute atomic E-state index is 12.2. The van der Waals surface area contributed by atoms with Gasteiger partial charge in [-0.1, -0.05) is 53.5 Å². The van der Waals surface area contributed by atoms with E-state index >= 15 is 0 Å². The fourth-order valence-corrected chi connectivity index (χ4v) is 3.11. The van der Waals surface area contributed by atoms with Crippen LogP contribution in [-0.4, -0.2) is 25.2 Å². The zero-order valence-corrected chi connectivity index (χ0v) is 18.4. The standard InChI is InChI=1S/C24H18Cl2N2O4/c1-31-22-13-17(15-27-28-24(30)19-10-9-18(25)14-20(19)26)7-11-21(22)32-23(29)12-8-16-5-3-2-4-6-16/h2-15H,1H3,(H,28,30)/b12-8+,27-15-. The number of rotatable bonds is 7. The maximum Gasteiger partial charge on any atom is 0.336 e. The Bertz CT molecular complexity index is 1180. The second kappa shape index (κ2) is 11.1. The molecule has 0 unspecified atom stereocenters. The van der Waals surface area contributed by atoms with Crippen molar-refractivity contribution in [1.29, 1.82) is 0 Å². The molecular formula is C24H18Cl2N2O4. The number of hydrogen-bond acceptors (Lipinski definition) is 5. The molecule has 0 saturated carbocycles. The molecule has 0 heterocycles. The van der Waals surface area contributed by atoms with E-state index in [0.717, 1.165) is 5.56 Å². The van der Waals surface area contributed by atoms with Crippen molar-refractivity contribution < 1.29 is 19.1 Å². The molecule has 0 aromatic heterocycles. The van der Waals surface area contributed by atoms with Crippen molar-refractivity contribution in [1.82, 2.24) is 5.43 Å². The Morgan fingerprint density at radius 1 is 0.938 bits per heavy atom. The first-order valence-electron chi connectivity index (χ1n) is 9.37. The van der Waals surface area contributed by atoms with Crippen molar-refractivity contribution in [2.24, 2.45) is 5.10 Å². The first-order valence-corrected chi connectivity index (χ1v) is 10.1. The van der Waals surface area contributed by atoms with E-state index in [1.54, 1.807) is 30.3 Å². The second-order valence-corrected chi connectivity index (χ2v) is 7.24. The highest BCUT2D eigenvalue weighted by Crippen LogP contribution is 2.28. The Morgan fingerprint density at radius 2 is 1.72 bits per heavy atom. The van der Waals surface area contributed by atoms with Gasteiger partial charge in [0.1, 0.15) is 0 Å². The highest BCUT2D eigenvalue weighted by molar-refractivity contribution is 6.36. The zero-order valence-electron chi connectivity index (χ0n) is 16.9. The van der Waals surface area contributed by atoms with Crippen molar-refractivity contribution in [2.75, 3.05) is 7.11 Å². The van der Waals surface area contributed by atoms with Crippen LogP contribution in [0.4, 0.5) is 0 Å². The number of hydrogen-bond donors (Lipinski definition) is 1. The van der Waals surface area contributed by atoms with Crippen LogP contribution in [0, 0.1) is 0 Å². The third-order valence-corrected chi connectivity index (χ3v) is 4.71. The Balaban J connectivity index is 1.63. The Labute approximate surface area is 195 Å². The number of carbonyl (C=O) groups excluding carboxylic acids is 2. The van der Waals surface area contributed by atoms with E-state index in [-0.39, 0.29) is 16.3 Å². The molecule has 0 spiro atoms. The summed E-state index contributed by atoms with van der Waals surface area (Å²) in [6.07, 6.45) is 4.41. The van der Waals surface area contributed by atoms with Gasteiger partial charge in [-0.15, -0.1) is 0 Å². The van der Waals surface area contributed by atoms with Gasteiger partial charge in [0.05, 0.1) is 23.9 Å². The van der Waals surface area contributed by atoms with Crippen LogP contribution in [0.2, 0.25) is 10.0 Å². The summed E-state index contributed by atoms with van der Waals surface area (Å²) in [4.78, 5) is 24.3. The lowest BCUT2D eigenvalue weighted by atomic mass is 10.2. The summed E-state index contributed by atoms with van der Waals surface area (Å²) in [6.45, 7) is 0. The molecule has 1 N–H and O–H groups in total. The predicted octanol–water partition coefficient (Wildman–Crippen LogP) is 5.38. The van der Waals surface area contributed by atoms with Crippen molar-refractivity contribution in [3.8, 4) is 11.5 Å². The van der Waals surface area contributed by atoms with E-state index in [1.165, 1.54) is 31.5 Å². The van der Waals surface area contributed by atoms with Crippen LogP contribution in [-0.2, 0) is 4.79 Å². The minimum atomic E-state index is -0.541. The molecule has 0 aliphatic heterocycles. The molecule has 3 aromatic carbocycles. The van der Waals surface area contributed by atoms with Gasteiger partial charge >= 0.3 is 5.97 Å². The van der Waals surface area contributed by atoms with Gasteiger partial charge in [-0.25, -0.2) is 10.2 Å². The molecule has 0 aliphatic rings. The first-order chi connectivity index (χ1) is 15.5. The lowest BCUT2D eigenvalue weighted by Gasteiger charge is -2.08. The number of methoxy groups -OCH3 is 1. The topological polar surface area (TPSA) is 77.0 Å². The van der Waals surface area contributed by atoms with E-state index < -0.39 is 11.9 Å². The van der Waals surface area contributed by atoms with Crippen molar-refractivity contribution in [3.63, 3.8) is 0 Å². The van der Waals surface area contributed by atoms with Crippen LogP contribution >= 0.6 is 23.2 Å². The van der Waals surface area contributed by atoms with Crippen molar-refractivity contribution in [2.45, 2.75) is 0 Å². The van der Waals surface area contributed by atoms with Crippen LogP contribution in [0.15, 0.2) is 77.9 Å². The SMILES string of the molecule is COc1cc(/C=N\NC(=O)c2ccc(Cl)cc2Cl)ccc1OC(=O)/C=C/c1ccccc1. The summed E-state index contributed by atoms with van der Waals surface area (Å²) >= 11 is 11.8. The first kappa shape index (κ1) is 23.1. The molecule has 6 nitrogen and oxygen atoms in total. The molecule has 0 saturated heterocycles. The molecule has 3 aromatic rings. The van der Waals surface area contributed by atoms with Crippen molar-refractivity contribution >= 4 is 47.4 Å². The van der Waals surface area contributed by atoms with E-state index in [4.69, 9.17) is 32.7 Å². The van der Waals surface area contributed by atoms with Gasteiger partial charge in [0.25, 0.3) is 5.91 Å². The normalized spacial score (nSPS) is 11.0. The number of halogens is 2. The number of benzene rings is 3. The minimum Gasteiger partial charge on any atom is -0.493 e. The highest BCUT2D eigenvalue weighted by Gasteiger charge is 2.11. The van der Waals surface area contributed by atoms with E-state index in [1.807, 2.05) is 30.3 Å². The van der Waals surface area contributed by atoms with E-state index in [2.05, 4.69) is 10.5 Å². The Hall–Kier alpha value is -3.61. The number of ether oxygens (including phenoxy) is 2. The van der Waals surface area contributed by atoms with Crippen LogP contribution < -0.4 is 14.9 Å². The van der Waals surface area contributed by atoms with Gasteiger partial charge in [-0.3, -0.25) is 4.79 Å². The molecule has 1 amide bonds. The van der Waals surface area contributed by atoms with E-state index in [0.29, 0.717) is 16.3 Å². The Morgan fingerprint density at radius 3 is 2.44 bits per heavy atom. The van der Waals surface area contributed by atoms with Gasteiger partial charge in [-0.2, -0.15) is 5.10 Å². The third-order valence-electron chi connectivity index (χ3n) is 4.17. The molecule has 162 valence electrons. The molecule has 0 fully saturated rings. The predicted molar refractivity (Wildman–Crippen MR) is 126 cm³/mol. The number of carbonyl (C=O) groups is 2. The van der Waals surface area contributed by atoms with Gasteiger partial charge in [0.15, 0.2) is 11.5 Å². The summed E-state index contributed by atoms with van der Waals surface area (Å²) in [5.41, 5.74) is 4.13. The van der Waals surface area contributed by atoms with Gasteiger partial charge in [0.2, 0.25) is 0 Å². The molecule has 0 atom stereocenters. The maximum atomic E-state index is 12.2. The molecule has 0 radical (unpaired) electrons. The summed E-state index contributed by atoms with van der Waals surface area (Å²) in [5, 5.41) is 4.57. The van der Waals surface area contributed by atoms with Crippen LogP contribution in [0.5, 0.6) is 11.5 Å². The number of esters is 1. The molecule has 0 bridgehead atoms. The molecular weight excluding hydrogens is 451 g/mol. The fraction of sp³-hybridized carbons (Fsp3) is 0.0417. The molecule has 3 rings (SSSR count). The average molecular weight is 469 g/mol. The zero-order chi connectivity index (χ0) is 22.9. The monoisotopic (exact) mass is 468 g/mol. The quantitative estimate of drug-likeness (QED) is 0.166. The van der Waals surface area contributed by atoms with Crippen molar-refractivity contribution in [3.05, 3.63) is 99.5 Å². The summed E-state index contributed by atoms with van der Waals surface area (Å²) in [5.74, 6) is -0.432. The smallest absolute Gasteiger partial charge is 0.336 e. The molecule has 8 heteroatoms. The Kier molecular flexibility index (Phi) is 8.02.